The Balaban J connectivity index is 1.43. The van der Waals surface area contributed by atoms with Gasteiger partial charge in [0.25, 0.3) is 0 Å². The Morgan fingerprint density at radius 2 is 1.87 bits per heavy atom. The van der Waals surface area contributed by atoms with Gasteiger partial charge in [0.2, 0.25) is 5.78 Å². The topological polar surface area (TPSA) is 55.7 Å². The molecular formula is C23H28ClN4O2+. The van der Waals surface area contributed by atoms with Crippen molar-refractivity contribution in [2.75, 3.05) is 37.6 Å². The summed E-state index contributed by atoms with van der Waals surface area (Å²) in [6.45, 7) is 12.1. The SMILES string of the molecule is Cc1cc(-n2c(C)cc(C(=O)C[NH+]3CCN(c4cc(Cl)ccc4C)CC3)c2C)no1. The zero-order chi connectivity index (χ0) is 21.4. The summed E-state index contributed by atoms with van der Waals surface area (Å²) in [5.41, 5.74) is 5.10. The highest BCUT2D eigenvalue weighted by molar-refractivity contribution is 6.30. The van der Waals surface area contributed by atoms with Crippen LogP contribution in [-0.4, -0.2) is 48.2 Å². The second-order valence-electron chi connectivity index (χ2n) is 8.18. The first-order valence-electron chi connectivity index (χ1n) is 10.3. The van der Waals surface area contributed by atoms with Gasteiger partial charge in [0.15, 0.2) is 5.82 Å². The Hall–Kier alpha value is -2.57. The number of nitrogens with one attached hydrogen (secondary N) is 1. The zero-order valence-electron chi connectivity index (χ0n) is 18.0. The molecule has 1 saturated heterocycles. The van der Waals surface area contributed by atoms with Crippen LogP contribution in [0.15, 0.2) is 34.9 Å². The molecule has 7 heteroatoms. The van der Waals surface area contributed by atoms with Gasteiger partial charge in [-0.25, -0.2) is 0 Å². The fourth-order valence-corrected chi connectivity index (χ4v) is 4.51. The Morgan fingerprint density at radius 3 is 2.53 bits per heavy atom. The summed E-state index contributed by atoms with van der Waals surface area (Å²) in [5, 5.41) is 4.87. The van der Waals surface area contributed by atoms with Gasteiger partial charge in [0, 0.05) is 33.7 Å². The molecule has 6 nitrogen and oxygen atoms in total. The van der Waals surface area contributed by atoms with E-state index in [2.05, 4.69) is 23.0 Å². The van der Waals surface area contributed by atoms with Gasteiger partial charge in [-0.3, -0.25) is 9.36 Å². The Kier molecular flexibility index (Phi) is 5.71. The van der Waals surface area contributed by atoms with Crippen LogP contribution in [0.25, 0.3) is 5.82 Å². The predicted molar refractivity (Wildman–Crippen MR) is 118 cm³/mol. The molecule has 1 fully saturated rings. The molecule has 0 atom stereocenters. The lowest BCUT2D eigenvalue weighted by molar-refractivity contribution is -0.892. The fraction of sp³-hybridized carbons (Fsp3) is 0.391. The Labute approximate surface area is 182 Å². The van der Waals surface area contributed by atoms with Crippen molar-refractivity contribution in [2.45, 2.75) is 27.7 Å². The molecule has 0 spiro atoms. The smallest absolute Gasteiger partial charge is 0.218 e. The third-order valence-corrected chi connectivity index (χ3v) is 6.20. The first kappa shape index (κ1) is 20.7. The van der Waals surface area contributed by atoms with Crippen molar-refractivity contribution in [3.05, 3.63) is 63.6 Å². The average Bonchev–Trinajstić information content (AvgIpc) is 3.26. The Bertz CT molecular complexity index is 1080. The van der Waals surface area contributed by atoms with Gasteiger partial charge in [-0.2, -0.15) is 0 Å². The molecule has 0 amide bonds. The van der Waals surface area contributed by atoms with E-state index in [9.17, 15) is 4.79 Å². The van der Waals surface area contributed by atoms with Crippen molar-refractivity contribution in [3.8, 4) is 5.82 Å². The molecule has 158 valence electrons. The van der Waals surface area contributed by atoms with E-state index in [1.807, 2.05) is 49.6 Å². The minimum absolute atomic E-state index is 0.178. The normalized spacial score (nSPS) is 15.0. The maximum atomic E-state index is 13.1. The largest absolute Gasteiger partial charge is 0.360 e. The number of ketones is 1. The average molecular weight is 428 g/mol. The number of piperazine rings is 1. The third kappa shape index (κ3) is 4.02. The Morgan fingerprint density at radius 1 is 1.13 bits per heavy atom. The minimum Gasteiger partial charge on any atom is -0.360 e. The molecule has 1 aromatic carbocycles. The maximum absolute atomic E-state index is 13.1. The molecule has 0 saturated carbocycles. The number of benzene rings is 1. The van der Waals surface area contributed by atoms with Crippen LogP contribution in [0.4, 0.5) is 5.69 Å². The fourth-order valence-electron chi connectivity index (χ4n) is 4.34. The number of anilines is 1. The van der Waals surface area contributed by atoms with Crippen molar-refractivity contribution < 1.29 is 14.2 Å². The molecule has 3 aromatic rings. The zero-order valence-corrected chi connectivity index (χ0v) is 18.7. The van der Waals surface area contributed by atoms with E-state index in [1.165, 1.54) is 16.2 Å². The molecule has 0 aliphatic carbocycles. The number of carbonyl (C=O) groups excluding carboxylic acids is 1. The summed E-state index contributed by atoms with van der Waals surface area (Å²) in [6, 6.07) is 9.88. The molecule has 30 heavy (non-hydrogen) atoms. The van der Waals surface area contributed by atoms with Gasteiger partial charge in [0.1, 0.15) is 12.3 Å². The van der Waals surface area contributed by atoms with Crippen LogP contribution in [0.1, 0.15) is 33.1 Å². The van der Waals surface area contributed by atoms with E-state index in [1.54, 1.807) is 0 Å². The summed E-state index contributed by atoms with van der Waals surface area (Å²) in [4.78, 5) is 16.8. The highest BCUT2D eigenvalue weighted by Gasteiger charge is 2.26. The van der Waals surface area contributed by atoms with Gasteiger partial charge in [0.05, 0.1) is 26.2 Å². The van der Waals surface area contributed by atoms with Gasteiger partial charge < -0.3 is 14.3 Å². The van der Waals surface area contributed by atoms with Gasteiger partial charge in [-0.05, 0) is 51.5 Å². The van der Waals surface area contributed by atoms with E-state index in [-0.39, 0.29) is 5.78 Å². The lowest BCUT2D eigenvalue weighted by Gasteiger charge is -2.34. The molecule has 1 aliphatic heterocycles. The van der Waals surface area contributed by atoms with E-state index in [0.29, 0.717) is 6.54 Å². The molecule has 1 aliphatic rings. The van der Waals surface area contributed by atoms with Crippen molar-refractivity contribution in [2.24, 2.45) is 0 Å². The van der Waals surface area contributed by atoms with E-state index >= 15 is 0 Å². The van der Waals surface area contributed by atoms with Gasteiger partial charge in [-0.15, -0.1) is 0 Å². The van der Waals surface area contributed by atoms with Crippen LogP contribution in [-0.2, 0) is 0 Å². The molecule has 3 heterocycles. The quantitative estimate of drug-likeness (QED) is 0.636. The molecule has 1 N–H and O–H groups in total. The number of aromatic nitrogens is 2. The van der Waals surface area contributed by atoms with E-state index < -0.39 is 0 Å². The second-order valence-corrected chi connectivity index (χ2v) is 8.62. The number of halogens is 1. The minimum atomic E-state index is 0.178. The van der Waals surface area contributed by atoms with Crippen LogP contribution in [0, 0.1) is 27.7 Å². The molecule has 2 aromatic heterocycles. The van der Waals surface area contributed by atoms with E-state index in [4.69, 9.17) is 16.1 Å². The first-order chi connectivity index (χ1) is 14.3. The molecular weight excluding hydrogens is 400 g/mol. The van der Waals surface area contributed by atoms with Crippen molar-refractivity contribution >= 4 is 23.1 Å². The molecule has 0 radical (unpaired) electrons. The number of quaternary nitrogens is 1. The molecule has 0 bridgehead atoms. The number of nitrogens with zero attached hydrogens (tertiary/aromatic N) is 3. The van der Waals surface area contributed by atoms with Crippen molar-refractivity contribution in [1.29, 1.82) is 0 Å². The molecule has 4 rings (SSSR count). The number of Topliss-reactive ketones (excluding diaryl/α,β-unsaturated/α-hetero) is 1. The number of rotatable bonds is 5. The molecule has 0 unspecified atom stereocenters. The standard InChI is InChI=1S/C23H27ClN4O2/c1-15-5-6-19(24)13-21(15)27-9-7-26(8-10-27)14-22(29)20-11-16(2)28(18(20)4)23-12-17(3)30-25-23/h5-6,11-13H,7-10,14H2,1-4H3/p+1. The summed E-state index contributed by atoms with van der Waals surface area (Å²) in [7, 11) is 0. The van der Waals surface area contributed by atoms with Crippen molar-refractivity contribution in [3.63, 3.8) is 0 Å². The maximum Gasteiger partial charge on any atom is 0.218 e. The number of aryl methyl sites for hydroxylation is 3. The highest BCUT2D eigenvalue weighted by Crippen LogP contribution is 2.24. The summed E-state index contributed by atoms with van der Waals surface area (Å²) < 4.78 is 7.19. The monoisotopic (exact) mass is 427 g/mol. The highest BCUT2D eigenvalue weighted by atomic mass is 35.5. The lowest BCUT2D eigenvalue weighted by atomic mass is 10.1. The predicted octanol–water partition coefficient (Wildman–Crippen LogP) is 2.94. The third-order valence-electron chi connectivity index (χ3n) is 5.97. The summed E-state index contributed by atoms with van der Waals surface area (Å²) in [6.07, 6.45) is 0. The number of hydrogen-bond acceptors (Lipinski definition) is 4. The lowest BCUT2D eigenvalue weighted by Crippen LogP contribution is -3.15. The first-order valence-corrected chi connectivity index (χ1v) is 10.7. The summed E-state index contributed by atoms with van der Waals surface area (Å²) in [5.74, 6) is 1.65. The van der Waals surface area contributed by atoms with Crippen LogP contribution < -0.4 is 9.80 Å². The van der Waals surface area contributed by atoms with Crippen LogP contribution in [0.2, 0.25) is 5.02 Å². The van der Waals surface area contributed by atoms with Gasteiger partial charge >= 0.3 is 0 Å². The van der Waals surface area contributed by atoms with Crippen LogP contribution in [0.5, 0.6) is 0 Å². The van der Waals surface area contributed by atoms with Crippen LogP contribution in [0.3, 0.4) is 0 Å². The second kappa shape index (κ2) is 8.28. The number of carbonyl (C=O) groups is 1. The number of hydrogen-bond donors (Lipinski definition) is 1. The van der Waals surface area contributed by atoms with Gasteiger partial charge in [-0.1, -0.05) is 22.8 Å². The van der Waals surface area contributed by atoms with E-state index in [0.717, 1.165) is 59.7 Å². The van der Waals surface area contributed by atoms with Crippen molar-refractivity contribution in [1.82, 2.24) is 9.72 Å². The summed E-state index contributed by atoms with van der Waals surface area (Å²) >= 11 is 6.19. The van der Waals surface area contributed by atoms with Crippen LogP contribution >= 0.6 is 11.6 Å².